The summed E-state index contributed by atoms with van der Waals surface area (Å²) in [6.07, 6.45) is -3.54. The number of rotatable bonds is 3. The Morgan fingerprint density at radius 1 is 1.16 bits per heavy atom. The zero-order chi connectivity index (χ0) is 18.2. The number of aromatic nitrogens is 1. The molecular formula is C16H13F4N3O2. The van der Waals surface area contributed by atoms with Crippen molar-refractivity contribution in [3.8, 4) is 5.69 Å². The first-order valence-corrected chi connectivity index (χ1v) is 7.23. The zero-order valence-electron chi connectivity index (χ0n) is 12.7. The summed E-state index contributed by atoms with van der Waals surface area (Å²) in [6, 6.07) is 9.46. The van der Waals surface area contributed by atoms with Crippen LogP contribution in [0.2, 0.25) is 0 Å². The first-order valence-electron chi connectivity index (χ1n) is 7.23. The Labute approximate surface area is 139 Å². The Kier molecular flexibility index (Phi) is 4.25. The first-order chi connectivity index (χ1) is 11.8. The monoisotopic (exact) mass is 355 g/mol. The van der Waals surface area contributed by atoms with Crippen molar-refractivity contribution in [1.82, 2.24) is 15.0 Å². The fourth-order valence-electron chi connectivity index (χ4n) is 2.62. The number of hydrazine groups is 1. The molecule has 0 aliphatic carbocycles. The van der Waals surface area contributed by atoms with E-state index in [1.54, 1.807) is 41.2 Å². The topological polar surface area (TPSA) is 57.5 Å². The largest absolute Gasteiger partial charge is 0.364 e. The summed E-state index contributed by atoms with van der Waals surface area (Å²) >= 11 is 0. The van der Waals surface area contributed by atoms with Crippen LogP contribution in [0.15, 0.2) is 60.6 Å². The summed E-state index contributed by atoms with van der Waals surface area (Å²) in [5.41, 5.74) is -1.76. The molecule has 9 heteroatoms. The van der Waals surface area contributed by atoms with Crippen LogP contribution in [0, 0.1) is 0 Å². The van der Waals surface area contributed by atoms with Gasteiger partial charge in [-0.3, -0.25) is 10.2 Å². The minimum atomic E-state index is -3.44. The van der Waals surface area contributed by atoms with Crippen LogP contribution in [0.5, 0.6) is 0 Å². The van der Waals surface area contributed by atoms with Gasteiger partial charge in [0.1, 0.15) is 5.70 Å². The maximum atomic E-state index is 13.3. The summed E-state index contributed by atoms with van der Waals surface area (Å²) in [5.74, 6) is -1.05. The van der Waals surface area contributed by atoms with E-state index in [-0.39, 0.29) is 10.6 Å². The molecule has 1 aromatic heterocycles. The molecule has 1 amide bonds. The van der Waals surface area contributed by atoms with Crippen molar-refractivity contribution in [3.05, 3.63) is 66.1 Å². The summed E-state index contributed by atoms with van der Waals surface area (Å²) < 4.78 is 53.8. The second-order valence-electron chi connectivity index (χ2n) is 5.45. The minimum Gasteiger partial charge on any atom is -0.364 e. The summed E-state index contributed by atoms with van der Waals surface area (Å²) in [6.45, 7) is 0. The van der Waals surface area contributed by atoms with E-state index in [1.807, 2.05) is 5.43 Å². The molecule has 1 saturated heterocycles. The first kappa shape index (κ1) is 17.0. The summed E-state index contributed by atoms with van der Waals surface area (Å²) in [7, 11) is 0. The molecule has 1 aromatic carbocycles. The molecule has 3 rings (SSSR count). The highest BCUT2D eigenvalue weighted by molar-refractivity contribution is 5.98. The van der Waals surface area contributed by atoms with Gasteiger partial charge in [0.2, 0.25) is 5.72 Å². The van der Waals surface area contributed by atoms with E-state index in [0.29, 0.717) is 5.69 Å². The number of benzene rings is 1. The highest BCUT2D eigenvalue weighted by Crippen LogP contribution is 2.36. The lowest BCUT2D eigenvalue weighted by Gasteiger charge is -2.31. The smallest absolute Gasteiger partial charge is 0.291 e. The molecule has 132 valence electrons. The van der Waals surface area contributed by atoms with Crippen molar-refractivity contribution >= 4 is 5.91 Å². The van der Waals surface area contributed by atoms with Crippen LogP contribution in [0.4, 0.5) is 17.6 Å². The third kappa shape index (κ3) is 2.86. The van der Waals surface area contributed by atoms with Crippen LogP contribution in [0.25, 0.3) is 5.69 Å². The summed E-state index contributed by atoms with van der Waals surface area (Å²) in [4.78, 5) is 12.7. The van der Waals surface area contributed by atoms with Gasteiger partial charge < -0.3 is 9.67 Å². The molecule has 0 radical (unpaired) electrons. The van der Waals surface area contributed by atoms with Crippen molar-refractivity contribution in [3.63, 3.8) is 0 Å². The number of carbonyl (C=O) groups excluding carboxylic acids is 1. The van der Waals surface area contributed by atoms with Gasteiger partial charge in [0, 0.05) is 12.4 Å². The molecule has 1 atom stereocenters. The molecular weight excluding hydrogens is 342 g/mol. The van der Waals surface area contributed by atoms with Crippen molar-refractivity contribution in [2.45, 2.75) is 18.6 Å². The Morgan fingerprint density at radius 3 is 2.40 bits per heavy atom. The zero-order valence-corrected chi connectivity index (χ0v) is 12.7. The van der Waals surface area contributed by atoms with Gasteiger partial charge >= 0.3 is 0 Å². The quantitative estimate of drug-likeness (QED) is 0.833. The Hall–Kier alpha value is -2.81. The van der Waals surface area contributed by atoms with Crippen LogP contribution in [0.3, 0.4) is 0 Å². The maximum absolute atomic E-state index is 13.3. The molecule has 2 N–H and O–H groups in total. The fraction of sp³-hybridized carbons (Fsp3) is 0.188. The van der Waals surface area contributed by atoms with Crippen LogP contribution < -0.4 is 5.43 Å². The predicted molar refractivity (Wildman–Crippen MR) is 79.9 cm³/mol. The molecule has 1 aliphatic heterocycles. The molecule has 1 aliphatic rings. The van der Waals surface area contributed by atoms with E-state index in [0.717, 1.165) is 0 Å². The highest BCUT2D eigenvalue weighted by atomic mass is 19.3. The number of nitrogens with zero attached hydrogens (tertiary/aromatic N) is 2. The van der Waals surface area contributed by atoms with E-state index in [9.17, 15) is 27.5 Å². The van der Waals surface area contributed by atoms with Crippen LogP contribution in [-0.2, 0) is 0 Å². The number of nitrogens with one attached hydrogen (secondary N) is 1. The number of carbonyl (C=O) groups is 1. The number of halogens is 4. The number of hydrogen-bond donors (Lipinski definition) is 2. The third-order valence-corrected chi connectivity index (χ3v) is 3.87. The van der Waals surface area contributed by atoms with Gasteiger partial charge in [0.15, 0.2) is 0 Å². The molecule has 2 heterocycles. The fourth-order valence-corrected chi connectivity index (χ4v) is 2.62. The summed E-state index contributed by atoms with van der Waals surface area (Å²) in [5, 5.41) is 10.3. The van der Waals surface area contributed by atoms with E-state index in [2.05, 4.69) is 0 Å². The third-order valence-electron chi connectivity index (χ3n) is 3.87. The van der Waals surface area contributed by atoms with Gasteiger partial charge in [-0.15, -0.1) is 0 Å². The number of alkyl halides is 2. The Morgan fingerprint density at radius 2 is 1.80 bits per heavy atom. The lowest BCUT2D eigenvalue weighted by molar-refractivity contribution is -0.168. The molecule has 0 bridgehead atoms. The molecule has 0 saturated carbocycles. The van der Waals surface area contributed by atoms with Crippen molar-refractivity contribution in [2.24, 2.45) is 0 Å². The van der Waals surface area contributed by atoms with Crippen molar-refractivity contribution in [1.29, 1.82) is 0 Å². The van der Waals surface area contributed by atoms with Crippen LogP contribution >= 0.6 is 0 Å². The Bertz CT molecular complexity index is 819. The van der Waals surface area contributed by atoms with E-state index >= 15 is 0 Å². The lowest BCUT2D eigenvalue weighted by atomic mass is 10.1. The lowest BCUT2D eigenvalue weighted by Crippen LogP contribution is -2.56. The van der Waals surface area contributed by atoms with E-state index < -0.39 is 36.3 Å². The highest BCUT2D eigenvalue weighted by Gasteiger charge is 2.53. The average molecular weight is 355 g/mol. The van der Waals surface area contributed by atoms with Gasteiger partial charge in [0.25, 0.3) is 18.4 Å². The number of para-hydroxylation sites is 1. The molecule has 0 spiro atoms. The van der Waals surface area contributed by atoms with Crippen molar-refractivity contribution < 1.29 is 27.5 Å². The predicted octanol–water partition coefficient (Wildman–Crippen LogP) is 2.89. The van der Waals surface area contributed by atoms with Gasteiger partial charge in [-0.2, -0.15) is 8.78 Å². The molecule has 1 unspecified atom stereocenters. The standard InChI is InChI=1S/C16H13F4N3O2/c17-13(18)11-9-16(25,15(19)20)23(21-11)14(24)10-5-1-2-6-12(10)22-7-3-4-8-22/h1-8,15,21,25H,9H2. The van der Waals surface area contributed by atoms with Crippen LogP contribution in [0.1, 0.15) is 16.8 Å². The normalized spacial score (nSPS) is 20.1. The molecule has 25 heavy (non-hydrogen) atoms. The van der Waals surface area contributed by atoms with Gasteiger partial charge in [-0.05, 0) is 24.3 Å². The number of hydrogen-bond acceptors (Lipinski definition) is 3. The second kappa shape index (κ2) is 6.25. The van der Waals surface area contributed by atoms with E-state index in [4.69, 9.17) is 0 Å². The van der Waals surface area contributed by atoms with Crippen LogP contribution in [-0.4, -0.2) is 32.7 Å². The average Bonchev–Trinajstić information content (AvgIpc) is 3.22. The maximum Gasteiger partial charge on any atom is 0.291 e. The SMILES string of the molecule is O=C(c1ccccc1-n1cccc1)N1NC(=C(F)F)CC1(O)C(F)F. The molecule has 5 nitrogen and oxygen atoms in total. The minimum absolute atomic E-state index is 0.0363. The molecule has 1 fully saturated rings. The number of amides is 1. The van der Waals surface area contributed by atoms with Gasteiger partial charge in [-0.1, -0.05) is 12.1 Å². The second-order valence-corrected chi connectivity index (χ2v) is 5.45. The van der Waals surface area contributed by atoms with Crippen molar-refractivity contribution in [2.75, 3.05) is 0 Å². The molecule has 2 aromatic rings. The van der Waals surface area contributed by atoms with E-state index in [1.165, 1.54) is 12.1 Å². The Balaban J connectivity index is 2.05. The van der Waals surface area contributed by atoms with Gasteiger partial charge in [-0.25, -0.2) is 13.8 Å². The number of aliphatic hydroxyl groups is 1. The van der Waals surface area contributed by atoms with Gasteiger partial charge in [0.05, 0.1) is 17.7 Å².